The number of aliphatic carboxylic acids is 1. The van der Waals surface area contributed by atoms with Gasteiger partial charge in [0.2, 0.25) is 0 Å². The number of piperidine rings is 1. The number of benzene rings is 2. The fourth-order valence-electron chi connectivity index (χ4n) is 5.06. The fourth-order valence-corrected chi connectivity index (χ4v) is 5.06. The van der Waals surface area contributed by atoms with Crippen LogP contribution >= 0.6 is 0 Å². The molecule has 1 aliphatic heterocycles. The number of hydrogen-bond donors (Lipinski definition) is 2. The lowest BCUT2D eigenvalue weighted by Crippen LogP contribution is -2.41. The highest BCUT2D eigenvalue weighted by atomic mass is 19.1. The first-order chi connectivity index (χ1) is 17.8. The zero-order valence-corrected chi connectivity index (χ0v) is 20.7. The third kappa shape index (κ3) is 6.82. The second-order valence-corrected chi connectivity index (χ2v) is 9.44. The van der Waals surface area contributed by atoms with Crippen molar-refractivity contribution < 1.29 is 28.5 Å². The summed E-state index contributed by atoms with van der Waals surface area (Å²) in [5.74, 6) is 4.21. The number of carboxylic acid groups (broad SMARTS) is 1. The van der Waals surface area contributed by atoms with Crippen molar-refractivity contribution >= 4 is 16.9 Å². The van der Waals surface area contributed by atoms with Gasteiger partial charge in [-0.05, 0) is 79.6 Å². The van der Waals surface area contributed by atoms with Crippen molar-refractivity contribution in [3.8, 4) is 17.6 Å². The summed E-state index contributed by atoms with van der Waals surface area (Å²) < 4.78 is 32.2. The van der Waals surface area contributed by atoms with Crippen LogP contribution < -0.4 is 4.74 Å². The van der Waals surface area contributed by atoms with Crippen LogP contribution in [0.4, 0.5) is 8.78 Å². The molecule has 194 valence electrons. The molecule has 2 N–H and O–H groups in total. The molecule has 37 heavy (non-hydrogen) atoms. The number of carboxylic acids is 1. The Kier molecular flexibility index (Phi) is 8.70. The first-order valence-electron chi connectivity index (χ1n) is 12.3. The molecule has 1 unspecified atom stereocenters. The molecular formula is C29H30F2N2O4. The van der Waals surface area contributed by atoms with E-state index in [1.54, 1.807) is 13.3 Å². The smallest absolute Gasteiger partial charge is 0.303 e. The van der Waals surface area contributed by atoms with Gasteiger partial charge in [0.15, 0.2) is 0 Å². The number of likely N-dealkylation sites (tertiary alicyclic amines) is 1. The first-order valence-corrected chi connectivity index (χ1v) is 12.3. The third-order valence-electron chi connectivity index (χ3n) is 7.02. The predicted molar refractivity (Wildman–Crippen MR) is 136 cm³/mol. The molecule has 6 nitrogen and oxygen atoms in total. The van der Waals surface area contributed by atoms with E-state index in [1.807, 2.05) is 24.3 Å². The van der Waals surface area contributed by atoms with Gasteiger partial charge >= 0.3 is 5.97 Å². The van der Waals surface area contributed by atoms with Gasteiger partial charge < -0.3 is 14.9 Å². The van der Waals surface area contributed by atoms with Crippen molar-refractivity contribution in [1.29, 1.82) is 0 Å². The molecule has 8 heteroatoms. The van der Waals surface area contributed by atoms with E-state index < -0.39 is 23.7 Å². The lowest BCUT2D eigenvalue weighted by atomic mass is 9.79. The maximum Gasteiger partial charge on any atom is 0.303 e. The predicted octanol–water partition coefficient (Wildman–Crippen LogP) is 4.80. The van der Waals surface area contributed by atoms with Gasteiger partial charge in [0.1, 0.15) is 17.4 Å². The minimum atomic E-state index is -0.857. The molecule has 0 radical (unpaired) electrons. The van der Waals surface area contributed by atoms with Crippen LogP contribution in [-0.2, 0) is 4.79 Å². The van der Waals surface area contributed by atoms with Crippen molar-refractivity contribution in [3.63, 3.8) is 0 Å². The SMILES string of the molecule is COc1ccc2nccc(C(O)CC[C@@H]3CCN(CC#Cc4ccc(F)cc4F)C[C@@H]3CC(=O)O)c2c1. The zero-order chi connectivity index (χ0) is 26.4. The van der Waals surface area contributed by atoms with Gasteiger partial charge in [-0.25, -0.2) is 8.78 Å². The minimum Gasteiger partial charge on any atom is -0.497 e. The summed E-state index contributed by atoms with van der Waals surface area (Å²) in [4.78, 5) is 18.0. The van der Waals surface area contributed by atoms with Crippen LogP contribution in [0.25, 0.3) is 10.9 Å². The van der Waals surface area contributed by atoms with Gasteiger partial charge in [0, 0.05) is 30.6 Å². The Hall–Kier alpha value is -3.54. The second kappa shape index (κ2) is 12.1. The summed E-state index contributed by atoms with van der Waals surface area (Å²) in [6.45, 7) is 1.66. The molecule has 1 fully saturated rings. The Labute approximate surface area is 214 Å². The topological polar surface area (TPSA) is 82.9 Å². The number of fused-ring (bicyclic) bond motifs is 1. The first kappa shape index (κ1) is 26.5. The molecule has 0 amide bonds. The highest BCUT2D eigenvalue weighted by Crippen LogP contribution is 2.34. The van der Waals surface area contributed by atoms with Crippen molar-refractivity contribution in [2.24, 2.45) is 11.8 Å². The third-order valence-corrected chi connectivity index (χ3v) is 7.02. The summed E-state index contributed by atoms with van der Waals surface area (Å²) in [6.07, 6.45) is 2.97. The van der Waals surface area contributed by atoms with E-state index in [9.17, 15) is 23.8 Å². The number of methoxy groups -OCH3 is 1. The van der Waals surface area contributed by atoms with E-state index in [-0.39, 0.29) is 23.8 Å². The van der Waals surface area contributed by atoms with Gasteiger partial charge in [-0.3, -0.25) is 14.7 Å². The highest BCUT2D eigenvalue weighted by Gasteiger charge is 2.31. The second-order valence-electron chi connectivity index (χ2n) is 9.44. The lowest BCUT2D eigenvalue weighted by molar-refractivity contribution is -0.139. The van der Waals surface area contributed by atoms with Crippen LogP contribution in [-0.4, -0.2) is 52.8 Å². The fraction of sp³-hybridized carbons (Fsp3) is 0.379. The van der Waals surface area contributed by atoms with Crippen LogP contribution in [0.15, 0.2) is 48.7 Å². The van der Waals surface area contributed by atoms with Crippen molar-refractivity contribution in [2.75, 3.05) is 26.7 Å². The minimum absolute atomic E-state index is 0.0344. The number of aliphatic hydroxyl groups excluding tert-OH is 1. The van der Waals surface area contributed by atoms with Crippen LogP contribution in [0.1, 0.15) is 42.9 Å². The summed E-state index contributed by atoms with van der Waals surface area (Å²) in [5.41, 5.74) is 1.68. The van der Waals surface area contributed by atoms with Gasteiger partial charge in [0.05, 0.1) is 30.8 Å². The van der Waals surface area contributed by atoms with E-state index in [1.165, 1.54) is 12.1 Å². The molecule has 1 aliphatic rings. The lowest BCUT2D eigenvalue weighted by Gasteiger charge is -2.37. The molecule has 0 saturated carbocycles. The average Bonchev–Trinajstić information content (AvgIpc) is 2.88. The summed E-state index contributed by atoms with van der Waals surface area (Å²) in [5, 5.41) is 21.3. The largest absolute Gasteiger partial charge is 0.497 e. The number of halogens is 2. The maximum atomic E-state index is 13.8. The Morgan fingerprint density at radius 2 is 2.05 bits per heavy atom. The number of pyridine rings is 1. The quantitative estimate of drug-likeness (QED) is 0.426. The number of hydrogen-bond acceptors (Lipinski definition) is 5. The summed E-state index contributed by atoms with van der Waals surface area (Å²) in [6, 6.07) is 10.6. The summed E-state index contributed by atoms with van der Waals surface area (Å²) >= 11 is 0. The number of carbonyl (C=O) groups is 1. The zero-order valence-electron chi connectivity index (χ0n) is 20.7. The average molecular weight is 509 g/mol. The molecule has 1 aromatic heterocycles. The molecule has 2 aromatic carbocycles. The molecule has 3 aromatic rings. The Morgan fingerprint density at radius 3 is 2.81 bits per heavy atom. The molecule has 0 bridgehead atoms. The van der Waals surface area contributed by atoms with Gasteiger partial charge in [0.25, 0.3) is 0 Å². The summed E-state index contributed by atoms with van der Waals surface area (Å²) in [7, 11) is 1.59. The molecule has 3 atom stereocenters. The molecule has 0 spiro atoms. The number of rotatable bonds is 8. The standard InChI is InChI=1S/C29H30F2N2O4/c1-37-23-7-8-27-25(17-23)24(10-12-32-27)28(34)9-5-19-11-14-33(18-21(19)15-29(35)36)13-2-3-20-4-6-22(30)16-26(20)31/h4,6-8,10,12,16-17,19,21,28,34H,5,9,11,13-15,18H2,1H3,(H,35,36)/t19-,21+,28?/m1/s1. The molecule has 2 heterocycles. The Morgan fingerprint density at radius 1 is 1.22 bits per heavy atom. The van der Waals surface area contributed by atoms with Gasteiger partial charge in [-0.1, -0.05) is 11.8 Å². The van der Waals surface area contributed by atoms with E-state index in [0.717, 1.165) is 35.5 Å². The van der Waals surface area contributed by atoms with Gasteiger partial charge in [-0.2, -0.15) is 0 Å². The molecule has 4 rings (SSSR count). The Balaban J connectivity index is 1.39. The number of aromatic nitrogens is 1. The van der Waals surface area contributed by atoms with Crippen molar-refractivity contribution in [1.82, 2.24) is 9.88 Å². The van der Waals surface area contributed by atoms with Crippen molar-refractivity contribution in [2.45, 2.75) is 31.8 Å². The van der Waals surface area contributed by atoms with E-state index in [0.29, 0.717) is 31.7 Å². The monoisotopic (exact) mass is 508 g/mol. The van der Waals surface area contributed by atoms with E-state index in [4.69, 9.17) is 4.74 Å². The molecular weight excluding hydrogens is 478 g/mol. The number of nitrogens with zero attached hydrogens (tertiary/aromatic N) is 2. The van der Waals surface area contributed by atoms with Crippen LogP contribution in [0.2, 0.25) is 0 Å². The van der Waals surface area contributed by atoms with Crippen LogP contribution in [0.3, 0.4) is 0 Å². The maximum absolute atomic E-state index is 13.8. The highest BCUT2D eigenvalue weighted by molar-refractivity contribution is 5.83. The van der Waals surface area contributed by atoms with Crippen LogP contribution in [0, 0.1) is 35.3 Å². The molecule has 0 aliphatic carbocycles. The van der Waals surface area contributed by atoms with Crippen molar-refractivity contribution in [3.05, 3.63) is 71.4 Å². The van der Waals surface area contributed by atoms with Crippen LogP contribution in [0.5, 0.6) is 5.75 Å². The molecule has 1 saturated heterocycles. The normalized spacial score (nSPS) is 18.7. The van der Waals surface area contributed by atoms with E-state index in [2.05, 4.69) is 21.7 Å². The Bertz CT molecular complexity index is 1320. The number of aliphatic hydroxyl groups is 1. The van der Waals surface area contributed by atoms with E-state index >= 15 is 0 Å². The van der Waals surface area contributed by atoms with Gasteiger partial charge in [-0.15, -0.1) is 0 Å². The number of ether oxygens (including phenoxy) is 1.